The topological polar surface area (TPSA) is 68.0 Å². The predicted molar refractivity (Wildman–Crippen MR) is 74.8 cm³/mol. The van der Waals surface area contributed by atoms with Crippen LogP contribution in [0.15, 0.2) is 0 Å². The summed E-state index contributed by atoms with van der Waals surface area (Å²) in [5.41, 5.74) is 7.02. The summed E-state index contributed by atoms with van der Waals surface area (Å²) in [6, 6.07) is -0.439. The molecule has 2 rings (SSSR count). The standard InChI is InChI=1S/C13H21N3OS/c1-8(2)7-9(14)12(17)16-13-15-10-5-3-4-6-11(10)18-13/h8-9H,3-7,14H2,1-2H3,(H,15,16,17). The Bertz CT molecular complexity index is 404. The Labute approximate surface area is 112 Å². The summed E-state index contributed by atoms with van der Waals surface area (Å²) < 4.78 is 0. The van der Waals surface area contributed by atoms with Crippen LogP contribution in [0.1, 0.15) is 43.7 Å². The smallest absolute Gasteiger partial charge is 0.243 e. The molecular weight excluding hydrogens is 246 g/mol. The predicted octanol–water partition coefficient (Wildman–Crippen LogP) is 2.33. The number of carbonyl (C=O) groups excluding carboxylic acids is 1. The molecule has 0 fully saturated rings. The van der Waals surface area contributed by atoms with Crippen molar-refractivity contribution in [3.8, 4) is 0 Å². The van der Waals surface area contributed by atoms with Crippen LogP contribution in [0.3, 0.4) is 0 Å². The second kappa shape index (κ2) is 5.80. The highest BCUT2D eigenvalue weighted by Gasteiger charge is 2.19. The summed E-state index contributed by atoms with van der Waals surface area (Å²) in [7, 11) is 0. The van der Waals surface area contributed by atoms with Gasteiger partial charge in [-0.2, -0.15) is 0 Å². The third kappa shape index (κ3) is 3.29. The summed E-state index contributed by atoms with van der Waals surface area (Å²) in [4.78, 5) is 17.7. The van der Waals surface area contributed by atoms with Gasteiger partial charge in [0.05, 0.1) is 11.7 Å². The lowest BCUT2D eigenvalue weighted by Crippen LogP contribution is -2.36. The van der Waals surface area contributed by atoms with Crippen LogP contribution in [0.5, 0.6) is 0 Å². The van der Waals surface area contributed by atoms with E-state index in [-0.39, 0.29) is 5.91 Å². The van der Waals surface area contributed by atoms with Gasteiger partial charge in [-0.3, -0.25) is 4.79 Å². The van der Waals surface area contributed by atoms with E-state index in [9.17, 15) is 4.79 Å². The van der Waals surface area contributed by atoms with Crippen molar-refractivity contribution < 1.29 is 4.79 Å². The maximum Gasteiger partial charge on any atom is 0.243 e. The molecule has 0 bridgehead atoms. The quantitative estimate of drug-likeness (QED) is 0.879. The van der Waals surface area contributed by atoms with Crippen molar-refractivity contribution >= 4 is 22.4 Å². The third-order valence-corrected chi connectivity index (χ3v) is 4.21. The highest BCUT2D eigenvalue weighted by atomic mass is 32.1. The van der Waals surface area contributed by atoms with Gasteiger partial charge in [0, 0.05) is 4.88 Å². The molecule has 4 nitrogen and oxygen atoms in total. The maximum absolute atomic E-state index is 11.9. The van der Waals surface area contributed by atoms with Gasteiger partial charge in [-0.25, -0.2) is 4.98 Å². The van der Waals surface area contributed by atoms with Crippen LogP contribution in [-0.2, 0) is 17.6 Å². The number of thiazole rings is 1. The Balaban J connectivity index is 1.96. The van der Waals surface area contributed by atoms with Crippen molar-refractivity contribution in [3.05, 3.63) is 10.6 Å². The van der Waals surface area contributed by atoms with E-state index in [4.69, 9.17) is 5.73 Å². The van der Waals surface area contributed by atoms with E-state index in [1.807, 2.05) is 0 Å². The maximum atomic E-state index is 11.9. The molecule has 5 heteroatoms. The molecule has 100 valence electrons. The van der Waals surface area contributed by atoms with Gasteiger partial charge < -0.3 is 11.1 Å². The van der Waals surface area contributed by atoms with E-state index in [0.29, 0.717) is 17.5 Å². The zero-order valence-corrected chi connectivity index (χ0v) is 11.8. The number of hydrogen-bond acceptors (Lipinski definition) is 4. The number of hydrogen-bond donors (Lipinski definition) is 2. The number of carbonyl (C=O) groups is 1. The fourth-order valence-corrected chi connectivity index (χ4v) is 3.27. The molecule has 3 N–H and O–H groups in total. The van der Waals surface area contributed by atoms with E-state index in [2.05, 4.69) is 24.1 Å². The molecule has 1 aliphatic rings. The lowest BCUT2D eigenvalue weighted by molar-refractivity contribution is -0.117. The van der Waals surface area contributed by atoms with Crippen LogP contribution in [0, 0.1) is 5.92 Å². The van der Waals surface area contributed by atoms with Crippen LogP contribution < -0.4 is 11.1 Å². The molecule has 1 unspecified atom stereocenters. The molecule has 0 spiro atoms. The third-order valence-electron chi connectivity index (χ3n) is 3.14. The molecule has 1 atom stereocenters. The van der Waals surface area contributed by atoms with Gasteiger partial charge in [0.15, 0.2) is 5.13 Å². The fraction of sp³-hybridized carbons (Fsp3) is 0.692. The first kappa shape index (κ1) is 13.5. The number of nitrogens with two attached hydrogens (primary N) is 1. The lowest BCUT2D eigenvalue weighted by atomic mass is 10.0. The van der Waals surface area contributed by atoms with Gasteiger partial charge >= 0.3 is 0 Å². The normalized spacial score (nSPS) is 16.4. The molecule has 1 heterocycles. The number of aromatic nitrogens is 1. The van der Waals surface area contributed by atoms with Crippen molar-refractivity contribution in [3.63, 3.8) is 0 Å². The first-order valence-corrected chi connectivity index (χ1v) is 7.43. The van der Waals surface area contributed by atoms with Crippen molar-refractivity contribution in [2.45, 2.75) is 52.0 Å². The molecule has 0 saturated carbocycles. The molecule has 0 aromatic carbocycles. The molecule has 18 heavy (non-hydrogen) atoms. The summed E-state index contributed by atoms with van der Waals surface area (Å²) in [6.45, 7) is 4.13. The Morgan fingerprint density at radius 1 is 1.44 bits per heavy atom. The number of fused-ring (bicyclic) bond motifs is 1. The van der Waals surface area contributed by atoms with Gasteiger partial charge in [0.25, 0.3) is 0 Å². The van der Waals surface area contributed by atoms with E-state index < -0.39 is 6.04 Å². The van der Waals surface area contributed by atoms with Crippen LogP contribution >= 0.6 is 11.3 Å². The number of aryl methyl sites for hydroxylation is 2. The molecule has 1 amide bonds. The Hall–Kier alpha value is -0.940. The van der Waals surface area contributed by atoms with Gasteiger partial charge in [0.1, 0.15) is 0 Å². The molecular formula is C13H21N3OS. The summed E-state index contributed by atoms with van der Waals surface area (Å²) in [5, 5.41) is 3.56. The SMILES string of the molecule is CC(C)CC(N)C(=O)Nc1nc2c(s1)CCCC2. The largest absolute Gasteiger partial charge is 0.320 e. The van der Waals surface area contributed by atoms with Crippen LogP contribution in [0.25, 0.3) is 0 Å². The molecule has 0 saturated heterocycles. The van der Waals surface area contributed by atoms with Crippen LogP contribution in [0.4, 0.5) is 5.13 Å². The molecule has 0 aliphatic heterocycles. The van der Waals surface area contributed by atoms with Crippen molar-refractivity contribution in [2.24, 2.45) is 11.7 Å². The molecule has 1 aromatic heterocycles. The van der Waals surface area contributed by atoms with Gasteiger partial charge in [0.2, 0.25) is 5.91 Å². The zero-order chi connectivity index (χ0) is 13.1. The van der Waals surface area contributed by atoms with Gasteiger partial charge in [-0.1, -0.05) is 13.8 Å². The minimum Gasteiger partial charge on any atom is -0.320 e. The van der Waals surface area contributed by atoms with E-state index >= 15 is 0 Å². The summed E-state index contributed by atoms with van der Waals surface area (Å²) in [5.74, 6) is 0.310. The second-order valence-corrected chi connectivity index (χ2v) is 6.40. The monoisotopic (exact) mass is 267 g/mol. The summed E-state index contributed by atoms with van der Waals surface area (Å²) >= 11 is 1.60. The highest BCUT2D eigenvalue weighted by Crippen LogP contribution is 2.29. The number of amides is 1. The lowest BCUT2D eigenvalue weighted by Gasteiger charge is -2.12. The number of anilines is 1. The Kier molecular flexibility index (Phi) is 4.35. The van der Waals surface area contributed by atoms with E-state index in [1.165, 1.54) is 23.4 Å². The first-order valence-electron chi connectivity index (χ1n) is 6.61. The van der Waals surface area contributed by atoms with Crippen molar-refractivity contribution in [1.82, 2.24) is 4.98 Å². The second-order valence-electron chi connectivity index (χ2n) is 5.32. The first-order chi connectivity index (χ1) is 8.56. The minimum absolute atomic E-state index is 0.116. The molecule has 1 aliphatic carbocycles. The average Bonchev–Trinajstić information content (AvgIpc) is 2.69. The van der Waals surface area contributed by atoms with Crippen molar-refractivity contribution in [2.75, 3.05) is 5.32 Å². The number of nitrogens with zero attached hydrogens (tertiary/aromatic N) is 1. The minimum atomic E-state index is -0.439. The van der Waals surface area contributed by atoms with Gasteiger partial charge in [-0.15, -0.1) is 11.3 Å². The highest BCUT2D eigenvalue weighted by molar-refractivity contribution is 7.15. The average molecular weight is 267 g/mol. The Morgan fingerprint density at radius 3 is 2.83 bits per heavy atom. The molecule has 0 radical (unpaired) electrons. The van der Waals surface area contributed by atoms with E-state index in [1.54, 1.807) is 11.3 Å². The number of rotatable bonds is 4. The van der Waals surface area contributed by atoms with Crippen LogP contribution in [0.2, 0.25) is 0 Å². The van der Waals surface area contributed by atoms with Gasteiger partial charge in [-0.05, 0) is 38.0 Å². The van der Waals surface area contributed by atoms with E-state index in [0.717, 1.165) is 12.8 Å². The summed E-state index contributed by atoms with van der Waals surface area (Å²) in [6.07, 6.45) is 5.28. The number of nitrogens with one attached hydrogen (secondary N) is 1. The van der Waals surface area contributed by atoms with Crippen molar-refractivity contribution in [1.29, 1.82) is 0 Å². The zero-order valence-electron chi connectivity index (χ0n) is 11.0. The Morgan fingerprint density at radius 2 is 2.17 bits per heavy atom. The van der Waals surface area contributed by atoms with Crippen LogP contribution in [-0.4, -0.2) is 16.9 Å². The molecule has 1 aromatic rings. The fourth-order valence-electron chi connectivity index (χ4n) is 2.22.